The van der Waals surface area contributed by atoms with Crippen molar-refractivity contribution in [2.45, 2.75) is 141 Å². The van der Waals surface area contributed by atoms with Gasteiger partial charge in [-0.1, -0.05) is 51.2 Å². The molecular weight excluding hydrogens is 1680 g/mol. The Morgan fingerprint density at radius 2 is 0.938 bits per heavy atom. The molecule has 0 aromatic carbocycles. The van der Waals surface area contributed by atoms with E-state index in [1.54, 1.807) is 0 Å². The number of nitrogens with zero attached hydrogens (tertiary/aromatic N) is 8. The molecule has 2 saturated heterocycles. The summed E-state index contributed by atoms with van der Waals surface area (Å²) < 4.78 is 124. The van der Waals surface area contributed by atoms with Gasteiger partial charge in [-0.3, -0.25) is 74.6 Å². The van der Waals surface area contributed by atoms with Crippen molar-refractivity contribution in [1.82, 2.24) is 60.3 Å². The molecule has 4 aromatic heterocycles. The van der Waals surface area contributed by atoms with Crippen LogP contribution in [0.3, 0.4) is 0 Å². The maximum Gasteiger partial charge on any atom is 0.481 e. The summed E-state index contributed by atoms with van der Waals surface area (Å²) in [5.74, 6) is -4.40. The molecule has 2 fully saturated rings. The van der Waals surface area contributed by atoms with Gasteiger partial charge in [-0.05, 0) is 20.3 Å². The zero-order chi connectivity index (χ0) is 84.5. The number of nitrogens with one attached hydrogen (secondary N) is 4. The molecule has 632 valence electrons. The van der Waals surface area contributed by atoms with Crippen LogP contribution in [0.4, 0.5) is 11.6 Å². The van der Waals surface area contributed by atoms with Crippen molar-refractivity contribution in [3.63, 3.8) is 0 Å². The number of ketones is 1. The van der Waals surface area contributed by atoms with Crippen molar-refractivity contribution in [1.29, 1.82) is 0 Å². The molecule has 15 atom stereocenters. The van der Waals surface area contributed by atoms with Crippen LogP contribution in [0.1, 0.15) is 86.1 Å². The smallest absolute Gasteiger partial charge is 0.481 e. The summed E-state index contributed by atoms with van der Waals surface area (Å²) in [7, 11) is -32.9. The average Bonchev–Trinajstić information content (AvgIpc) is 1.62. The van der Waals surface area contributed by atoms with E-state index in [-0.39, 0.29) is 108 Å². The molecule has 6 rings (SSSR count). The fourth-order valence-electron chi connectivity index (χ4n) is 9.43. The normalized spacial score (nSPS) is 22.2. The van der Waals surface area contributed by atoms with E-state index in [1.807, 2.05) is 0 Å². The number of rotatable bonds is 44. The lowest BCUT2D eigenvalue weighted by Gasteiger charge is -2.30. The van der Waals surface area contributed by atoms with Crippen molar-refractivity contribution in [3.05, 3.63) is 25.3 Å². The van der Waals surface area contributed by atoms with Crippen molar-refractivity contribution in [3.8, 4) is 0 Å². The monoisotopic (exact) mass is 1760 g/mol. The second kappa shape index (κ2) is 40.9. The fourth-order valence-corrected chi connectivity index (χ4v) is 16.6. The molecule has 4 aromatic rings. The number of aromatic nitrogens is 8. The van der Waals surface area contributed by atoms with Gasteiger partial charge in [0.25, 0.3) is 0 Å². The van der Waals surface area contributed by atoms with E-state index < -0.39 is 192 Å². The molecule has 4 amide bonds. The highest BCUT2D eigenvalue weighted by Crippen LogP contribution is 2.63. The number of aliphatic hydroxyl groups is 5. The number of ether oxygens (including phenoxy) is 2. The number of hydrogen-bond acceptors (Lipinski definition) is 39. The maximum atomic E-state index is 12.7. The number of carboxylic acids is 1. The average molecular weight is 1760 g/mol. The topological polar surface area (TPSA) is 802 Å². The molecule has 0 aliphatic carbocycles. The van der Waals surface area contributed by atoms with Crippen molar-refractivity contribution in [2.75, 3.05) is 75.6 Å². The molecule has 6 heterocycles. The number of carbonyl (C=O) groups is 8. The van der Waals surface area contributed by atoms with Gasteiger partial charge in [-0.2, -0.15) is 8.62 Å². The van der Waals surface area contributed by atoms with Crippen LogP contribution >= 0.6 is 70.5 Å². The van der Waals surface area contributed by atoms with E-state index in [0.717, 1.165) is 46.2 Å². The van der Waals surface area contributed by atoms with Crippen LogP contribution in [0.2, 0.25) is 0 Å². The number of thioether (sulfide) groups is 2. The van der Waals surface area contributed by atoms with Crippen LogP contribution in [0.5, 0.6) is 0 Å². The Labute approximate surface area is 640 Å². The lowest BCUT2D eigenvalue weighted by atomic mass is 9.87. The zero-order valence-electron chi connectivity index (χ0n) is 59.5. The third-order valence-corrected chi connectivity index (χ3v) is 23.3. The maximum absolute atomic E-state index is 12.7. The van der Waals surface area contributed by atoms with Crippen molar-refractivity contribution in [2.24, 2.45) is 10.8 Å². The SMILES string of the molecule is CC(=O)CC(=O)SCCNC(=O)CCNC(=O)[C@H](O)C(C)(C)COP(=O)(O)OP(=O)(O)OC[C@H]1O[C@@H](n2cnc3c(N)ncnc32)[C@H](O)[C@@H]1OP(=O)(O)O.CC(O)(CCC(=O)O)C(=O)SCCNC(=O)CCNC(=O)[C@H](O)C(C)(C)COP(=O)(O)OP(=O)(O)OC[C@H]1O[C@@H](n2cnc3c(N)ncnc32)[C@H](O)[C@@H]1OP(=O)(O)O. The first-order valence-corrected chi connectivity index (χ1v) is 43.1. The quantitative estimate of drug-likeness (QED) is 0.0119. The van der Waals surface area contributed by atoms with Crippen LogP contribution in [0, 0.1) is 10.8 Å². The molecule has 0 saturated carbocycles. The number of amides is 4. The Balaban J connectivity index is 0.000000401. The summed E-state index contributed by atoms with van der Waals surface area (Å²) in [5.41, 5.74) is 6.52. The number of phosphoric acid groups is 6. The largest absolute Gasteiger partial charge is 0.481 e. The number of hydrogen-bond donors (Lipinski definition) is 20. The van der Waals surface area contributed by atoms with Gasteiger partial charge in [0.15, 0.2) is 40.5 Å². The lowest BCUT2D eigenvalue weighted by Crippen LogP contribution is -2.46. The fraction of sp³-hybridized carbons (Fsp3) is 0.654. The van der Waals surface area contributed by atoms with Gasteiger partial charge in [-0.25, -0.2) is 57.3 Å². The predicted octanol–water partition coefficient (Wildman–Crippen LogP) is -3.08. The highest BCUT2D eigenvalue weighted by molar-refractivity contribution is 8.14. The molecule has 112 heavy (non-hydrogen) atoms. The van der Waals surface area contributed by atoms with Crippen LogP contribution < -0.4 is 32.7 Å². The van der Waals surface area contributed by atoms with Crippen molar-refractivity contribution < 1.29 is 181 Å². The first-order chi connectivity index (χ1) is 51.6. The van der Waals surface area contributed by atoms with E-state index in [2.05, 4.69) is 68.8 Å². The summed E-state index contributed by atoms with van der Waals surface area (Å²) in [4.78, 5) is 196. The van der Waals surface area contributed by atoms with Gasteiger partial charge in [0, 0.05) is 67.8 Å². The molecule has 0 radical (unpaired) electrons. The molecule has 2 aliphatic rings. The Kier molecular flexibility index (Phi) is 35.3. The second-order valence-corrected chi connectivity index (χ2v) is 36.2. The van der Waals surface area contributed by atoms with Gasteiger partial charge < -0.3 is 112 Å². The first-order valence-electron chi connectivity index (χ1n) is 32.1. The van der Waals surface area contributed by atoms with Gasteiger partial charge in [0.1, 0.15) is 83.9 Å². The number of aliphatic carboxylic acids is 1. The van der Waals surface area contributed by atoms with E-state index in [4.69, 9.17) is 44.1 Å². The zero-order valence-corrected chi connectivity index (χ0v) is 66.5. The highest BCUT2D eigenvalue weighted by atomic mass is 32.2. The van der Waals surface area contributed by atoms with Crippen LogP contribution in [0.15, 0.2) is 25.3 Å². The minimum absolute atomic E-state index is 0.0138. The Bertz CT molecular complexity index is 4310. The lowest BCUT2D eigenvalue weighted by molar-refractivity contribution is -0.140. The molecule has 0 bridgehead atoms. The molecule has 2 aliphatic heterocycles. The molecule has 22 N–H and O–H groups in total. The second-order valence-electron chi connectivity index (χ2n) is 25.5. The van der Waals surface area contributed by atoms with Crippen molar-refractivity contribution >= 4 is 150 Å². The number of fused-ring (bicyclic) bond motifs is 2. The molecule has 5 unspecified atom stereocenters. The van der Waals surface area contributed by atoms with Gasteiger partial charge in [0.2, 0.25) is 28.7 Å². The summed E-state index contributed by atoms with van der Waals surface area (Å²) >= 11 is 1.56. The van der Waals surface area contributed by atoms with E-state index in [0.29, 0.717) is 11.8 Å². The number of imidazole rings is 2. The summed E-state index contributed by atoms with van der Waals surface area (Å²) in [5, 5.41) is 70.1. The van der Waals surface area contributed by atoms with Crippen LogP contribution in [0.25, 0.3) is 22.3 Å². The van der Waals surface area contributed by atoms with Gasteiger partial charge in [-0.15, -0.1) is 0 Å². The minimum atomic E-state index is -5.60. The highest BCUT2D eigenvalue weighted by Gasteiger charge is 2.53. The van der Waals surface area contributed by atoms with Gasteiger partial charge >= 0.3 is 52.9 Å². The number of phosphoric ester groups is 6. The van der Waals surface area contributed by atoms with E-state index in [1.165, 1.54) is 41.5 Å². The Hall–Kier alpha value is -5.78. The number of anilines is 2. The van der Waals surface area contributed by atoms with Crippen LogP contribution in [-0.4, -0.2) is 273 Å². The first kappa shape index (κ1) is 96.8. The summed E-state index contributed by atoms with van der Waals surface area (Å²) in [6.07, 6.45) is -15.1. The number of Topliss-reactive ketones (excluding diaryl/α,β-unsaturated/α-hetero) is 1. The van der Waals surface area contributed by atoms with Gasteiger partial charge in [0.05, 0.1) is 45.5 Å². The number of carbonyl (C=O) groups excluding carboxylic acids is 7. The third kappa shape index (κ3) is 30.7. The molecule has 60 heteroatoms. The summed E-state index contributed by atoms with van der Waals surface area (Å²) in [6.45, 7) is 2.79. The molecule has 0 spiro atoms. The number of carboxylic acid groups (broad SMARTS) is 1. The van der Waals surface area contributed by atoms with E-state index in [9.17, 15) is 130 Å². The van der Waals surface area contributed by atoms with E-state index >= 15 is 0 Å². The minimum Gasteiger partial charge on any atom is -0.481 e. The third-order valence-electron chi connectivity index (χ3n) is 15.2. The summed E-state index contributed by atoms with van der Waals surface area (Å²) in [6, 6.07) is 0. The Morgan fingerprint density at radius 1 is 0.562 bits per heavy atom. The number of nitrogens with two attached hydrogens (primary N) is 2. The van der Waals surface area contributed by atoms with Crippen LogP contribution in [-0.2, 0) is 111 Å². The standard InChI is InChI=1S/C27H44N7O20P3S.C25H40N7O18P3S/c1-26(2,20(39)23(40)30-7-5-15(35)29-8-9-58-25(41)27(3,42)6-4-16(36)37)11-51-57(48,49)54-56(46,47)50-10-14-19(53-55(43,44)45)18(38)24(52-14)34-13-33-17-21(28)31-12-32-22(17)34;1-13(33)8-16(35)54-7-6-27-15(34)4-5-28-23(38)20(37)25(2,3)10-47-53(44,45)50-52(42,43)46-9-14-19(49-51(39,40)41)18(36)24(48-14)32-12-31-17-21(26)29-11-30-22(17)32/h12-14,18-20,24,38-39,42H,4-11H2,1-3H3,(H,29,35)(H,30,40)(H,36,37)(H,46,47)(H,48,49)(H2,28,31,32)(H2,43,44,45);11-12,14,18-20,24,36-37H,4-10H2,1-3H3,(H,27,34)(H,28,38)(H,42,43)(H,44,45)(H2,26,29,30)(H2,39,40,41)/t14-,18-,19-,20+,24-,27?;14-,18-,19-,20+,24-/m11/s1. The number of aliphatic hydroxyl groups excluding tert-OH is 4. The number of nitrogen functional groups attached to an aromatic ring is 2. The molecule has 52 nitrogen and oxygen atoms in total. The Morgan fingerprint density at radius 3 is 1.30 bits per heavy atom. The molecular formula is C52H84N14O38P6S2. The predicted molar refractivity (Wildman–Crippen MR) is 377 cm³/mol.